The molecule has 0 heterocycles. The zero-order valence-electron chi connectivity index (χ0n) is 6.84. The van der Waals surface area contributed by atoms with Crippen LogP contribution in [-0.2, 0) is 4.79 Å². The first-order valence-electron chi connectivity index (χ1n) is 4.48. The van der Waals surface area contributed by atoms with Crippen LogP contribution in [0.5, 0.6) is 0 Å². The van der Waals surface area contributed by atoms with E-state index in [4.69, 9.17) is 0 Å². The Morgan fingerprint density at radius 2 is 1.77 bits per heavy atom. The molecular weight excluding hydrogens is 296 g/mol. The number of carbonyl (C=O) groups excluding carboxylic acids is 1. The summed E-state index contributed by atoms with van der Waals surface area (Å²) in [6, 6.07) is 0. The molecule has 1 nitrogen and oxygen atoms in total. The summed E-state index contributed by atoms with van der Waals surface area (Å²) in [5, 5.41) is 0. The summed E-state index contributed by atoms with van der Waals surface area (Å²) >= 11 is 6.89. The molecule has 3 aliphatic carbocycles. The van der Waals surface area contributed by atoms with E-state index in [-0.39, 0.29) is 5.92 Å². The van der Waals surface area contributed by atoms with Gasteiger partial charge in [-0.1, -0.05) is 28.1 Å². The maximum atomic E-state index is 11.8. The summed E-state index contributed by atoms with van der Waals surface area (Å²) in [4.78, 5) is 11.8. The lowest BCUT2D eigenvalue weighted by Gasteiger charge is -2.19. The topological polar surface area (TPSA) is 17.1 Å². The summed E-state index contributed by atoms with van der Waals surface area (Å²) in [6.45, 7) is 0. The number of hydrogen-bond donors (Lipinski definition) is 0. The summed E-state index contributed by atoms with van der Waals surface area (Å²) in [6.07, 6.45) is 5.66. The Morgan fingerprint density at radius 1 is 1.15 bits per heavy atom. The van der Waals surface area contributed by atoms with Gasteiger partial charge in [-0.05, 0) is 34.2 Å². The number of ketones is 1. The first-order valence-corrected chi connectivity index (χ1v) is 6.06. The van der Waals surface area contributed by atoms with Crippen molar-refractivity contribution < 1.29 is 4.79 Å². The molecule has 0 amide bonds. The Labute approximate surface area is 93.5 Å². The fraction of sp³-hybridized carbons (Fsp3) is 0.500. The van der Waals surface area contributed by atoms with Crippen LogP contribution in [0.1, 0.15) is 6.42 Å². The number of allylic oxidation sites excluding steroid dienone is 4. The van der Waals surface area contributed by atoms with Gasteiger partial charge in [-0.15, -0.1) is 0 Å². The molecule has 0 aromatic heterocycles. The second kappa shape index (κ2) is 2.57. The zero-order chi connectivity index (χ0) is 9.16. The lowest BCUT2D eigenvalue weighted by Crippen LogP contribution is -2.21. The van der Waals surface area contributed by atoms with E-state index in [1.54, 1.807) is 0 Å². The molecule has 68 valence electrons. The van der Waals surface area contributed by atoms with E-state index >= 15 is 0 Å². The maximum Gasteiger partial charge on any atom is 0.174 e. The Hall–Kier alpha value is 0.110. The fourth-order valence-electron chi connectivity index (χ4n) is 2.94. The minimum Gasteiger partial charge on any atom is -0.293 e. The lowest BCUT2D eigenvalue weighted by molar-refractivity contribution is -0.118. The van der Waals surface area contributed by atoms with Gasteiger partial charge in [-0.25, -0.2) is 0 Å². The molecule has 0 aliphatic heterocycles. The molecule has 0 aromatic carbocycles. The Balaban J connectivity index is 2.11. The average Bonchev–Trinajstić information content (AvgIpc) is 2.76. The van der Waals surface area contributed by atoms with E-state index in [2.05, 4.69) is 44.0 Å². The van der Waals surface area contributed by atoms with Crippen LogP contribution in [0.2, 0.25) is 0 Å². The molecule has 0 N–H and O–H groups in total. The third kappa shape index (κ3) is 0.899. The predicted octanol–water partition coefficient (Wildman–Crippen LogP) is 3.01. The molecule has 13 heavy (non-hydrogen) atoms. The van der Waals surface area contributed by atoms with Gasteiger partial charge in [0.2, 0.25) is 0 Å². The van der Waals surface area contributed by atoms with Crippen LogP contribution in [0.4, 0.5) is 0 Å². The highest BCUT2D eigenvalue weighted by molar-refractivity contribution is 9.14. The Kier molecular flexibility index (Phi) is 1.67. The van der Waals surface area contributed by atoms with E-state index in [1.807, 2.05) is 0 Å². The van der Waals surface area contributed by atoms with E-state index in [0.29, 0.717) is 23.5 Å². The molecule has 0 spiro atoms. The van der Waals surface area contributed by atoms with Crippen molar-refractivity contribution in [2.45, 2.75) is 6.42 Å². The van der Waals surface area contributed by atoms with Gasteiger partial charge in [0.25, 0.3) is 0 Å². The monoisotopic (exact) mass is 302 g/mol. The van der Waals surface area contributed by atoms with Crippen molar-refractivity contribution in [2.24, 2.45) is 23.7 Å². The third-order valence-corrected chi connectivity index (χ3v) is 5.76. The molecule has 0 saturated heterocycles. The molecule has 1 saturated carbocycles. The fourth-order valence-corrected chi connectivity index (χ4v) is 4.28. The second-order valence-electron chi connectivity index (χ2n) is 4.03. The first-order chi connectivity index (χ1) is 6.20. The normalized spacial score (nSPS) is 46.5. The van der Waals surface area contributed by atoms with E-state index in [9.17, 15) is 4.79 Å². The molecule has 1 fully saturated rings. The molecule has 0 unspecified atom stereocenters. The molecule has 3 rings (SSSR count). The highest BCUT2D eigenvalue weighted by atomic mass is 79.9. The minimum atomic E-state index is 0.235. The van der Waals surface area contributed by atoms with Gasteiger partial charge >= 0.3 is 0 Å². The van der Waals surface area contributed by atoms with Crippen molar-refractivity contribution in [2.75, 3.05) is 0 Å². The Bertz CT molecular complexity index is 356. The lowest BCUT2D eigenvalue weighted by atomic mass is 9.85. The van der Waals surface area contributed by atoms with Gasteiger partial charge in [0.15, 0.2) is 5.78 Å². The van der Waals surface area contributed by atoms with Gasteiger partial charge < -0.3 is 0 Å². The number of Topliss-reactive ketones (excluding diaryl/α,β-unsaturated/α-hetero) is 1. The van der Waals surface area contributed by atoms with Crippen molar-refractivity contribution in [3.05, 3.63) is 21.1 Å². The van der Waals surface area contributed by atoms with Crippen molar-refractivity contribution in [1.29, 1.82) is 0 Å². The average molecular weight is 304 g/mol. The van der Waals surface area contributed by atoms with Gasteiger partial charge in [0.05, 0.1) is 4.48 Å². The van der Waals surface area contributed by atoms with E-state index in [0.717, 1.165) is 8.96 Å². The highest BCUT2D eigenvalue weighted by Gasteiger charge is 2.53. The van der Waals surface area contributed by atoms with Crippen LogP contribution < -0.4 is 0 Å². The van der Waals surface area contributed by atoms with E-state index in [1.165, 1.54) is 6.42 Å². The zero-order valence-corrected chi connectivity index (χ0v) is 10.0. The number of halogens is 2. The Morgan fingerprint density at radius 3 is 2.38 bits per heavy atom. The molecule has 2 bridgehead atoms. The van der Waals surface area contributed by atoms with Crippen LogP contribution >= 0.6 is 31.9 Å². The van der Waals surface area contributed by atoms with Gasteiger partial charge in [0.1, 0.15) is 0 Å². The van der Waals surface area contributed by atoms with Crippen LogP contribution in [-0.4, -0.2) is 5.78 Å². The van der Waals surface area contributed by atoms with Crippen LogP contribution in [0.3, 0.4) is 0 Å². The number of fused-ring (bicyclic) bond motifs is 5. The summed E-state index contributed by atoms with van der Waals surface area (Å²) in [5.74, 6) is 2.08. The molecule has 3 heteroatoms. The van der Waals surface area contributed by atoms with Crippen LogP contribution in [0, 0.1) is 23.7 Å². The minimum absolute atomic E-state index is 0.235. The van der Waals surface area contributed by atoms with Gasteiger partial charge in [0, 0.05) is 16.3 Å². The van der Waals surface area contributed by atoms with Crippen molar-refractivity contribution in [1.82, 2.24) is 0 Å². The number of carbonyl (C=O) groups is 1. The largest absolute Gasteiger partial charge is 0.293 e. The number of hydrogen-bond acceptors (Lipinski definition) is 1. The highest BCUT2D eigenvalue weighted by Crippen LogP contribution is 2.58. The smallest absolute Gasteiger partial charge is 0.174 e. The molecule has 0 radical (unpaired) electrons. The predicted molar refractivity (Wildman–Crippen MR) is 57.6 cm³/mol. The SMILES string of the molecule is O=C1C(Br)=C(Br)[C@H]2[C@@H]1[C@H]1C=C[C@H]2C1. The molecule has 0 aromatic rings. The van der Waals surface area contributed by atoms with Gasteiger partial charge in [-0.3, -0.25) is 4.79 Å². The molecule has 3 aliphatic rings. The van der Waals surface area contributed by atoms with Crippen molar-refractivity contribution >= 4 is 37.6 Å². The summed E-state index contributed by atoms with van der Waals surface area (Å²) < 4.78 is 1.88. The molecular formula is C10H8Br2O. The second-order valence-corrected chi connectivity index (χ2v) is 5.67. The maximum absolute atomic E-state index is 11.8. The standard InChI is InChI=1S/C10H8Br2O/c11-8-6-4-1-2-5(3-4)7(6)10(13)9(8)12/h1-2,4-7H,3H2/t4-,5-,6+,7-/m0/s1. The van der Waals surface area contributed by atoms with Crippen LogP contribution in [0.25, 0.3) is 0 Å². The van der Waals surface area contributed by atoms with Crippen molar-refractivity contribution in [3.8, 4) is 0 Å². The third-order valence-electron chi connectivity index (χ3n) is 3.48. The van der Waals surface area contributed by atoms with Crippen LogP contribution in [0.15, 0.2) is 21.1 Å². The quantitative estimate of drug-likeness (QED) is 0.629. The summed E-state index contributed by atoms with van der Waals surface area (Å²) in [5.41, 5.74) is 0. The summed E-state index contributed by atoms with van der Waals surface area (Å²) in [7, 11) is 0. The van der Waals surface area contributed by atoms with E-state index < -0.39 is 0 Å². The first kappa shape index (κ1) is 8.42. The van der Waals surface area contributed by atoms with Gasteiger partial charge in [-0.2, -0.15) is 0 Å². The van der Waals surface area contributed by atoms with Crippen molar-refractivity contribution in [3.63, 3.8) is 0 Å². The molecule has 4 atom stereocenters. The number of rotatable bonds is 0.